The molecule has 4 atom stereocenters. The first-order valence-corrected chi connectivity index (χ1v) is 3.53. The quantitative estimate of drug-likeness (QED) is 0.431. The number of ether oxygens (including phenoxy) is 2. The van der Waals surface area contributed by atoms with Crippen LogP contribution in [-0.2, 0) is 9.47 Å². The first kappa shape index (κ1) is 6.54. The lowest BCUT2D eigenvalue weighted by Gasteiger charge is -2.10. The molecule has 0 aromatic carbocycles. The van der Waals surface area contributed by atoms with E-state index in [1.165, 1.54) is 0 Å². The average Bonchev–Trinajstić information content (AvgIpc) is 2.41. The summed E-state index contributed by atoms with van der Waals surface area (Å²) < 4.78 is 10.7. The smallest absolute Gasteiger partial charge is 0.103 e. The predicted octanol–water partition coefficient (Wildman–Crippen LogP) is -1.56. The topological polar surface area (TPSA) is 70.5 Å². The van der Waals surface area contributed by atoms with E-state index in [9.17, 15) is 0 Å². The maximum absolute atomic E-state index is 5.68. The first-order valence-electron chi connectivity index (χ1n) is 3.53. The monoisotopic (exact) mass is 144 g/mol. The third-order valence-electron chi connectivity index (χ3n) is 2.13. The van der Waals surface area contributed by atoms with Crippen LogP contribution in [0.15, 0.2) is 0 Å². The average molecular weight is 144 g/mol. The summed E-state index contributed by atoms with van der Waals surface area (Å²) in [5, 5.41) is 0. The zero-order valence-corrected chi connectivity index (χ0v) is 5.69. The van der Waals surface area contributed by atoms with Gasteiger partial charge in [0.05, 0.1) is 25.3 Å². The highest BCUT2D eigenvalue weighted by molar-refractivity contribution is 4.97. The van der Waals surface area contributed by atoms with E-state index in [2.05, 4.69) is 0 Å². The molecule has 0 aliphatic carbocycles. The fourth-order valence-electron chi connectivity index (χ4n) is 1.56. The Morgan fingerprint density at radius 1 is 0.900 bits per heavy atom. The molecule has 2 rings (SSSR count). The van der Waals surface area contributed by atoms with E-state index in [0.29, 0.717) is 13.2 Å². The van der Waals surface area contributed by atoms with E-state index in [1.54, 1.807) is 0 Å². The highest BCUT2D eigenvalue weighted by Gasteiger charge is 2.44. The van der Waals surface area contributed by atoms with Crippen LogP contribution in [0.25, 0.3) is 0 Å². The zero-order chi connectivity index (χ0) is 7.14. The van der Waals surface area contributed by atoms with Crippen LogP contribution in [0.5, 0.6) is 0 Å². The molecule has 0 aromatic rings. The SMILES string of the molecule is N[C@@H]1CO[C@@H]2[C@H]1OC[C@@H]2N. The third kappa shape index (κ3) is 0.769. The van der Waals surface area contributed by atoms with Gasteiger partial charge in [0, 0.05) is 0 Å². The number of rotatable bonds is 0. The Hall–Kier alpha value is -0.160. The molecular formula is C6H12N2O2. The largest absolute Gasteiger partial charge is 0.372 e. The number of nitrogens with two attached hydrogens (primary N) is 2. The van der Waals surface area contributed by atoms with Crippen LogP contribution in [0.3, 0.4) is 0 Å². The van der Waals surface area contributed by atoms with E-state index in [-0.39, 0.29) is 24.3 Å². The van der Waals surface area contributed by atoms with Gasteiger partial charge in [0.1, 0.15) is 12.2 Å². The summed E-state index contributed by atoms with van der Waals surface area (Å²) in [5.41, 5.74) is 11.4. The van der Waals surface area contributed by atoms with E-state index in [0.717, 1.165) is 0 Å². The standard InChI is InChI=1S/C6H12N2O2/c7-3-1-9-6-4(8)2-10-5(3)6/h3-6H,1-2,7-8H2/t3-,4+,5-,6-/m0/s1. The minimum atomic E-state index is 0.0264. The van der Waals surface area contributed by atoms with Crippen LogP contribution in [0.1, 0.15) is 0 Å². The molecule has 10 heavy (non-hydrogen) atoms. The van der Waals surface area contributed by atoms with Crippen molar-refractivity contribution < 1.29 is 9.47 Å². The van der Waals surface area contributed by atoms with Crippen molar-refractivity contribution in [2.24, 2.45) is 11.5 Å². The van der Waals surface area contributed by atoms with Crippen LogP contribution in [0, 0.1) is 0 Å². The molecule has 4 nitrogen and oxygen atoms in total. The zero-order valence-electron chi connectivity index (χ0n) is 5.69. The predicted molar refractivity (Wildman–Crippen MR) is 35.4 cm³/mol. The van der Waals surface area contributed by atoms with Gasteiger partial charge in [-0.2, -0.15) is 0 Å². The Balaban J connectivity index is 2.09. The van der Waals surface area contributed by atoms with Crippen molar-refractivity contribution >= 4 is 0 Å². The van der Waals surface area contributed by atoms with Gasteiger partial charge < -0.3 is 20.9 Å². The van der Waals surface area contributed by atoms with Crippen LogP contribution >= 0.6 is 0 Å². The Labute approximate surface area is 59.5 Å². The van der Waals surface area contributed by atoms with Crippen molar-refractivity contribution in [3.63, 3.8) is 0 Å². The maximum atomic E-state index is 5.68. The summed E-state index contributed by atoms with van der Waals surface area (Å²) >= 11 is 0. The second-order valence-corrected chi connectivity index (χ2v) is 2.92. The van der Waals surface area contributed by atoms with Gasteiger partial charge in [-0.3, -0.25) is 0 Å². The van der Waals surface area contributed by atoms with Crippen LogP contribution in [-0.4, -0.2) is 37.5 Å². The summed E-state index contributed by atoms with van der Waals surface area (Å²) in [7, 11) is 0. The summed E-state index contributed by atoms with van der Waals surface area (Å²) in [6.45, 7) is 1.17. The second-order valence-electron chi connectivity index (χ2n) is 2.92. The summed E-state index contributed by atoms with van der Waals surface area (Å²) in [5.74, 6) is 0. The molecule has 58 valence electrons. The van der Waals surface area contributed by atoms with Gasteiger partial charge in [0.15, 0.2) is 0 Å². The minimum absolute atomic E-state index is 0.0264. The van der Waals surface area contributed by atoms with E-state index < -0.39 is 0 Å². The molecule has 2 heterocycles. The lowest BCUT2D eigenvalue weighted by molar-refractivity contribution is 0.0691. The van der Waals surface area contributed by atoms with E-state index >= 15 is 0 Å². The molecule has 0 aromatic heterocycles. The molecule has 4 heteroatoms. The van der Waals surface area contributed by atoms with Crippen LogP contribution in [0.2, 0.25) is 0 Å². The normalized spacial score (nSPS) is 53.4. The molecule has 0 bridgehead atoms. The molecule has 0 unspecified atom stereocenters. The summed E-state index contributed by atoms with van der Waals surface area (Å²) in [6.07, 6.45) is 0.102. The number of hydrogen-bond donors (Lipinski definition) is 2. The van der Waals surface area contributed by atoms with Gasteiger partial charge in [-0.1, -0.05) is 0 Å². The van der Waals surface area contributed by atoms with Crippen molar-refractivity contribution in [3.8, 4) is 0 Å². The molecule has 0 amide bonds. The molecule has 2 fully saturated rings. The lowest BCUT2D eigenvalue weighted by atomic mass is 10.1. The fourth-order valence-corrected chi connectivity index (χ4v) is 1.56. The molecular weight excluding hydrogens is 132 g/mol. The second kappa shape index (κ2) is 2.17. The lowest BCUT2D eigenvalue weighted by Crippen LogP contribution is -2.39. The first-order chi connectivity index (χ1) is 4.79. The Morgan fingerprint density at radius 2 is 1.30 bits per heavy atom. The van der Waals surface area contributed by atoms with Crippen LogP contribution in [0.4, 0.5) is 0 Å². The number of hydrogen-bond acceptors (Lipinski definition) is 4. The molecule has 2 aliphatic heterocycles. The summed E-state index contributed by atoms with van der Waals surface area (Å²) in [4.78, 5) is 0. The molecule has 0 radical (unpaired) electrons. The molecule has 4 N–H and O–H groups in total. The van der Waals surface area contributed by atoms with Gasteiger partial charge >= 0.3 is 0 Å². The van der Waals surface area contributed by atoms with Gasteiger partial charge in [0.25, 0.3) is 0 Å². The van der Waals surface area contributed by atoms with Gasteiger partial charge in [-0.15, -0.1) is 0 Å². The fraction of sp³-hybridized carbons (Fsp3) is 1.00. The minimum Gasteiger partial charge on any atom is -0.372 e. The van der Waals surface area contributed by atoms with Crippen molar-refractivity contribution in [2.45, 2.75) is 24.3 Å². The molecule has 2 aliphatic rings. The van der Waals surface area contributed by atoms with Crippen LogP contribution < -0.4 is 11.5 Å². The van der Waals surface area contributed by atoms with Crippen molar-refractivity contribution in [1.82, 2.24) is 0 Å². The van der Waals surface area contributed by atoms with Gasteiger partial charge in [-0.25, -0.2) is 0 Å². The Morgan fingerprint density at radius 3 is 1.70 bits per heavy atom. The van der Waals surface area contributed by atoms with Crippen molar-refractivity contribution in [2.75, 3.05) is 13.2 Å². The maximum Gasteiger partial charge on any atom is 0.103 e. The third-order valence-corrected chi connectivity index (χ3v) is 2.13. The van der Waals surface area contributed by atoms with E-state index in [4.69, 9.17) is 20.9 Å². The highest BCUT2D eigenvalue weighted by atomic mass is 16.6. The van der Waals surface area contributed by atoms with Gasteiger partial charge in [0.2, 0.25) is 0 Å². The molecule has 0 saturated carbocycles. The highest BCUT2D eigenvalue weighted by Crippen LogP contribution is 2.24. The van der Waals surface area contributed by atoms with Crippen molar-refractivity contribution in [3.05, 3.63) is 0 Å². The van der Waals surface area contributed by atoms with E-state index in [1.807, 2.05) is 0 Å². The molecule has 0 spiro atoms. The molecule has 2 saturated heterocycles. The summed E-state index contributed by atoms with van der Waals surface area (Å²) in [6, 6.07) is 0.0529. The van der Waals surface area contributed by atoms with Crippen molar-refractivity contribution in [1.29, 1.82) is 0 Å². The number of fused-ring (bicyclic) bond motifs is 1. The van der Waals surface area contributed by atoms with Gasteiger partial charge in [-0.05, 0) is 0 Å². The Bertz CT molecular complexity index is 126. The Kier molecular flexibility index (Phi) is 1.42.